The Kier molecular flexibility index (Phi) is 7.72. The molecule has 8 heteroatoms. The third kappa shape index (κ3) is 5.79. The molecule has 0 aromatic heterocycles. The number of urea groups is 1. The van der Waals surface area contributed by atoms with Crippen LogP contribution in [0.25, 0.3) is 10.8 Å². The molecule has 0 aliphatic carbocycles. The number of anilines is 2. The number of fused-ring (bicyclic) bond motifs is 1. The van der Waals surface area contributed by atoms with Crippen LogP contribution >= 0.6 is 11.8 Å². The Morgan fingerprint density at radius 2 is 1.56 bits per heavy atom. The van der Waals surface area contributed by atoms with E-state index in [9.17, 15) is 19.5 Å². The Morgan fingerprint density at radius 1 is 0.938 bits per heavy atom. The lowest BCUT2D eigenvalue weighted by Crippen LogP contribution is -2.41. The minimum atomic E-state index is -1.10. The van der Waals surface area contributed by atoms with E-state index >= 15 is 0 Å². The van der Waals surface area contributed by atoms with Gasteiger partial charge in [0.1, 0.15) is 6.04 Å². The lowest BCUT2D eigenvalue weighted by atomic mass is 10.0. The number of thioether (sulfide) groups is 1. The van der Waals surface area contributed by atoms with Crippen molar-refractivity contribution in [3.63, 3.8) is 0 Å². The monoisotopic (exact) mass is 451 g/mol. The number of carbonyl (C=O) groups excluding carboxylic acids is 2. The molecular weight excluding hydrogens is 426 g/mol. The Bertz CT molecular complexity index is 1150. The number of aliphatic carboxylic acids is 1. The predicted octanol–water partition coefficient (Wildman–Crippen LogP) is 4.73. The molecule has 0 heterocycles. The van der Waals surface area contributed by atoms with Crippen LogP contribution in [-0.2, 0) is 4.79 Å². The van der Waals surface area contributed by atoms with Gasteiger partial charge in [-0.2, -0.15) is 11.8 Å². The lowest BCUT2D eigenvalue weighted by Gasteiger charge is -2.17. The van der Waals surface area contributed by atoms with E-state index in [0.717, 1.165) is 16.3 Å². The van der Waals surface area contributed by atoms with E-state index in [-0.39, 0.29) is 5.56 Å². The number of para-hydroxylation sites is 1. The highest BCUT2D eigenvalue weighted by Crippen LogP contribution is 2.25. The Balaban J connectivity index is 1.89. The normalized spacial score (nSPS) is 11.6. The highest BCUT2D eigenvalue weighted by molar-refractivity contribution is 7.98. The second kappa shape index (κ2) is 10.7. The van der Waals surface area contributed by atoms with E-state index in [4.69, 9.17) is 0 Å². The molecule has 7 nitrogen and oxygen atoms in total. The summed E-state index contributed by atoms with van der Waals surface area (Å²) in [5, 5.41) is 19.2. The molecule has 3 aromatic carbocycles. The molecule has 166 valence electrons. The van der Waals surface area contributed by atoms with E-state index in [0.29, 0.717) is 23.5 Å². The summed E-state index contributed by atoms with van der Waals surface area (Å²) in [6.07, 6.45) is 2.17. The first kappa shape index (κ1) is 23.1. The number of benzene rings is 3. The van der Waals surface area contributed by atoms with Gasteiger partial charge < -0.3 is 21.1 Å². The van der Waals surface area contributed by atoms with Gasteiger partial charge in [-0.05, 0) is 59.9 Å². The van der Waals surface area contributed by atoms with Gasteiger partial charge in [0, 0.05) is 5.69 Å². The molecule has 0 fully saturated rings. The van der Waals surface area contributed by atoms with Gasteiger partial charge >= 0.3 is 12.0 Å². The Labute approximate surface area is 190 Å². The van der Waals surface area contributed by atoms with E-state index in [1.54, 1.807) is 18.2 Å². The van der Waals surface area contributed by atoms with E-state index in [1.165, 1.54) is 11.8 Å². The highest BCUT2D eigenvalue weighted by Gasteiger charge is 2.23. The predicted molar refractivity (Wildman–Crippen MR) is 130 cm³/mol. The van der Waals surface area contributed by atoms with Crippen molar-refractivity contribution in [2.75, 3.05) is 22.6 Å². The van der Waals surface area contributed by atoms with Crippen molar-refractivity contribution in [2.45, 2.75) is 19.4 Å². The molecule has 32 heavy (non-hydrogen) atoms. The number of hydrogen-bond acceptors (Lipinski definition) is 4. The van der Waals surface area contributed by atoms with Gasteiger partial charge in [-0.25, -0.2) is 9.59 Å². The smallest absolute Gasteiger partial charge is 0.326 e. The number of carbonyl (C=O) groups is 3. The van der Waals surface area contributed by atoms with E-state index in [2.05, 4.69) is 16.0 Å². The summed E-state index contributed by atoms with van der Waals surface area (Å²) in [7, 11) is 0. The summed E-state index contributed by atoms with van der Waals surface area (Å²) in [6, 6.07) is 16.6. The molecule has 3 aromatic rings. The third-order valence-corrected chi connectivity index (χ3v) is 5.63. The summed E-state index contributed by atoms with van der Waals surface area (Å²) in [4.78, 5) is 37.3. The first-order valence-corrected chi connectivity index (χ1v) is 11.5. The van der Waals surface area contributed by atoms with Gasteiger partial charge in [0.2, 0.25) is 0 Å². The van der Waals surface area contributed by atoms with Crippen molar-refractivity contribution in [2.24, 2.45) is 0 Å². The van der Waals surface area contributed by atoms with Crippen LogP contribution < -0.4 is 16.0 Å². The molecule has 1 atom stereocenters. The summed E-state index contributed by atoms with van der Waals surface area (Å²) < 4.78 is 0. The first-order valence-electron chi connectivity index (χ1n) is 10.1. The molecule has 0 unspecified atom stereocenters. The van der Waals surface area contributed by atoms with Gasteiger partial charge in [0.15, 0.2) is 0 Å². The van der Waals surface area contributed by atoms with Gasteiger partial charge in [-0.1, -0.05) is 42.5 Å². The Morgan fingerprint density at radius 3 is 2.22 bits per heavy atom. The second-order valence-corrected chi connectivity index (χ2v) is 8.27. The summed E-state index contributed by atoms with van der Waals surface area (Å²) in [5.74, 6) is -1.06. The molecule has 0 saturated heterocycles. The van der Waals surface area contributed by atoms with Crippen molar-refractivity contribution in [3.05, 3.63) is 71.8 Å². The number of carboxylic acids is 1. The van der Waals surface area contributed by atoms with Crippen LogP contribution in [0, 0.1) is 6.92 Å². The van der Waals surface area contributed by atoms with Gasteiger partial charge in [-0.3, -0.25) is 4.79 Å². The van der Waals surface area contributed by atoms with Crippen LogP contribution in [0.15, 0.2) is 60.7 Å². The molecule has 0 radical (unpaired) electrons. The number of rotatable bonds is 8. The quantitative estimate of drug-likeness (QED) is 0.396. The van der Waals surface area contributed by atoms with Crippen molar-refractivity contribution < 1.29 is 19.5 Å². The second-order valence-electron chi connectivity index (χ2n) is 7.28. The third-order valence-electron chi connectivity index (χ3n) is 4.99. The van der Waals surface area contributed by atoms with E-state index < -0.39 is 23.9 Å². The molecule has 4 N–H and O–H groups in total. The fourth-order valence-corrected chi connectivity index (χ4v) is 3.72. The number of amides is 3. The average Bonchev–Trinajstić information content (AvgIpc) is 2.77. The summed E-state index contributed by atoms with van der Waals surface area (Å²) in [5.41, 5.74) is 2.04. The minimum absolute atomic E-state index is 0.194. The Hall–Kier alpha value is -3.52. The van der Waals surface area contributed by atoms with Crippen LogP contribution in [0.1, 0.15) is 22.3 Å². The average molecular weight is 452 g/mol. The summed E-state index contributed by atoms with van der Waals surface area (Å²) >= 11 is 1.51. The molecule has 0 bridgehead atoms. The van der Waals surface area contributed by atoms with Crippen LogP contribution in [0.5, 0.6) is 0 Å². The maximum absolute atomic E-state index is 13.0. The first-order chi connectivity index (χ1) is 15.4. The zero-order valence-electron chi connectivity index (χ0n) is 17.8. The molecule has 0 aliphatic rings. The van der Waals surface area contributed by atoms with Crippen LogP contribution in [0.2, 0.25) is 0 Å². The molecule has 3 rings (SSSR count). The molecule has 3 amide bonds. The molecular formula is C24H25N3O4S. The topological polar surface area (TPSA) is 108 Å². The minimum Gasteiger partial charge on any atom is -0.480 e. The van der Waals surface area contributed by atoms with Crippen LogP contribution in [0.3, 0.4) is 0 Å². The number of aryl methyl sites for hydroxylation is 1. The lowest BCUT2D eigenvalue weighted by molar-refractivity contribution is -0.139. The van der Waals surface area contributed by atoms with Crippen molar-refractivity contribution in [1.29, 1.82) is 0 Å². The van der Waals surface area contributed by atoms with Crippen LogP contribution in [0.4, 0.5) is 16.2 Å². The van der Waals surface area contributed by atoms with Crippen molar-refractivity contribution in [1.82, 2.24) is 5.32 Å². The zero-order valence-corrected chi connectivity index (χ0v) is 18.7. The number of nitrogens with one attached hydrogen (secondary N) is 3. The zero-order chi connectivity index (χ0) is 23.1. The van der Waals surface area contributed by atoms with E-state index in [1.807, 2.05) is 55.6 Å². The number of carboxylic acid groups (broad SMARTS) is 1. The maximum Gasteiger partial charge on any atom is 0.326 e. The maximum atomic E-state index is 13.0. The SMILES string of the molecule is CSCC[C@H](NC(=O)c1cc2ccccc2cc1NC(=O)Nc1ccccc1C)C(=O)O. The van der Waals surface area contributed by atoms with Crippen molar-refractivity contribution in [3.8, 4) is 0 Å². The fourth-order valence-electron chi connectivity index (χ4n) is 3.25. The highest BCUT2D eigenvalue weighted by atomic mass is 32.2. The standard InChI is InChI=1S/C24H25N3O4S/c1-15-7-3-6-10-19(15)26-24(31)27-21-14-17-9-5-4-8-16(17)13-18(21)22(28)25-20(23(29)30)11-12-32-2/h3-10,13-14,20H,11-12H2,1-2H3,(H,25,28)(H,29,30)(H2,26,27,31)/t20-/m0/s1. The largest absolute Gasteiger partial charge is 0.480 e. The fraction of sp³-hybridized carbons (Fsp3) is 0.208. The van der Waals surface area contributed by atoms with Crippen LogP contribution in [-0.4, -0.2) is 41.1 Å². The van der Waals surface area contributed by atoms with Gasteiger partial charge in [0.05, 0.1) is 11.3 Å². The molecule has 0 aliphatic heterocycles. The van der Waals surface area contributed by atoms with Gasteiger partial charge in [0.25, 0.3) is 5.91 Å². The number of hydrogen-bond donors (Lipinski definition) is 4. The van der Waals surface area contributed by atoms with Gasteiger partial charge in [-0.15, -0.1) is 0 Å². The summed E-state index contributed by atoms with van der Waals surface area (Å²) in [6.45, 7) is 1.88. The van der Waals surface area contributed by atoms with Crippen molar-refractivity contribution >= 4 is 51.8 Å². The molecule has 0 saturated carbocycles. The molecule has 0 spiro atoms.